The Morgan fingerprint density at radius 3 is 2.23 bits per heavy atom. The summed E-state index contributed by atoms with van der Waals surface area (Å²) in [4.78, 5) is 40.4. The second-order valence-corrected chi connectivity index (χ2v) is 20.6. The van der Waals surface area contributed by atoms with E-state index >= 15 is 0 Å². The van der Waals surface area contributed by atoms with E-state index in [9.17, 15) is 42.9 Å². The van der Waals surface area contributed by atoms with E-state index in [1.807, 2.05) is 62.3 Å². The molecule has 13 nitrogen and oxygen atoms in total. The molecule has 66 heavy (non-hydrogen) atoms. The summed E-state index contributed by atoms with van der Waals surface area (Å²) in [6.45, 7) is 19.1. The second kappa shape index (κ2) is 20.1. The minimum absolute atomic E-state index is 0.0457. The number of aliphatic hydroxyl groups excluding tert-OH is 1. The van der Waals surface area contributed by atoms with E-state index in [1.165, 1.54) is 12.1 Å². The van der Waals surface area contributed by atoms with Gasteiger partial charge in [-0.05, 0) is 108 Å². The number of nitrogens with one attached hydrogen (secondary N) is 2. The third-order valence-corrected chi connectivity index (χ3v) is 16.2. The lowest BCUT2D eigenvalue weighted by Crippen LogP contribution is -2.66. The minimum Gasteiger partial charge on any atom is -0.481 e. The van der Waals surface area contributed by atoms with E-state index in [4.69, 9.17) is 23.7 Å². The van der Waals surface area contributed by atoms with Gasteiger partial charge in [-0.25, -0.2) is 4.79 Å². The number of rotatable bonds is 14. The number of carboxylic acid groups (broad SMARTS) is 1. The number of carboxylic acids is 1. The quantitative estimate of drug-likeness (QED) is 0.112. The number of anilines is 1. The Bertz CT molecular complexity index is 1920. The summed E-state index contributed by atoms with van der Waals surface area (Å²) in [7, 11) is 0. The first-order chi connectivity index (χ1) is 30.9. The molecule has 5 heterocycles. The molecule has 1 aromatic carbocycles. The van der Waals surface area contributed by atoms with Gasteiger partial charge in [-0.2, -0.15) is 13.2 Å². The fraction of sp³-hybridized carbons (Fsp3) is 0.780. The normalized spacial score (nSPS) is 39.5. The van der Waals surface area contributed by atoms with Crippen LogP contribution >= 0.6 is 0 Å². The molecule has 18 atom stereocenters. The SMILES string of the molecule is CC[C@@H](C(=O)[C@@H](C)[C@@H](O)[C@H](C)[C@@H]1O[C@@H]([C@@H](CC)C(=O)O)CC[C@@H]1C)[C@H]1O[C@]2(C=C[C@@H](NC(=O)Nc3cccc(C(F)(F)F)c3)[C@]3(CC[C@@](C)([C@H]4CC[C@](O)(CC)[C@H](C)O4)O3)O2)[C@H](C)C[C@@H]1C. The molecular formula is C50H75F3N2O11. The van der Waals surface area contributed by atoms with Crippen molar-refractivity contribution in [3.05, 3.63) is 42.0 Å². The topological polar surface area (TPSA) is 182 Å². The average Bonchev–Trinajstić information content (AvgIpc) is 3.61. The van der Waals surface area contributed by atoms with Crippen molar-refractivity contribution in [1.29, 1.82) is 0 Å². The molecule has 2 spiro atoms. The number of alkyl halides is 3. The van der Waals surface area contributed by atoms with Crippen molar-refractivity contribution in [2.75, 3.05) is 5.32 Å². The number of halogens is 3. The first-order valence-corrected chi connectivity index (χ1v) is 24.4. The number of urea groups is 1. The van der Waals surface area contributed by atoms with Gasteiger partial charge in [0, 0.05) is 35.8 Å². The summed E-state index contributed by atoms with van der Waals surface area (Å²) in [5.74, 6) is -7.02. The number of carbonyl (C=O) groups is 3. The first kappa shape index (κ1) is 52.3. The van der Waals surface area contributed by atoms with Crippen molar-refractivity contribution in [2.45, 2.75) is 205 Å². The molecule has 0 aromatic heterocycles. The Hall–Kier alpha value is -3.12. The zero-order valence-corrected chi connectivity index (χ0v) is 40.4. The van der Waals surface area contributed by atoms with Crippen LogP contribution in [0.3, 0.4) is 0 Å². The van der Waals surface area contributed by atoms with Crippen LogP contribution in [0.25, 0.3) is 0 Å². The van der Waals surface area contributed by atoms with Gasteiger partial charge in [-0.15, -0.1) is 0 Å². The van der Waals surface area contributed by atoms with Crippen LogP contribution in [0.1, 0.15) is 139 Å². The molecule has 372 valence electrons. The number of ketones is 1. The third kappa shape index (κ3) is 10.4. The van der Waals surface area contributed by atoms with Gasteiger partial charge < -0.3 is 49.6 Å². The molecule has 0 bridgehead atoms. The zero-order chi connectivity index (χ0) is 48.7. The van der Waals surface area contributed by atoms with Crippen LogP contribution in [-0.4, -0.2) is 98.5 Å². The fourth-order valence-corrected chi connectivity index (χ4v) is 11.7. The molecule has 16 heteroatoms. The maximum absolute atomic E-state index is 14.7. The minimum atomic E-state index is -4.61. The van der Waals surface area contributed by atoms with E-state index in [0.717, 1.165) is 18.6 Å². The average molecular weight is 937 g/mol. The number of benzene rings is 1. The number of aliphatic carboxylic acids is 1. The Balaban J connectivity index is 1.26. The highest BCUT2D eigenvalue weighted by molar-refractivity contribution is 5.89. The van der Waals surface area contributed by atoms with Crippen LogP contribution < -0.4 is 10.6 Å². The van der Waals surface area contributed by atoms with Crippen LogP contribution in [0.5, 0.6) is 0 Å². The van der Waals surface area contributed by atoms with Gasteiger partial charge in [0.1, 0.15) is 11.8 Å². The molecular weight excluding hydrogens is 862 g/mol. The zero-order valence-electron chi connectivity index (χ0n) is 40.4. The maximum atomic E-state index is 14.7. The van der Waals surface area contributed by atoms with Crippen molar-refractivity contribution in [1.82, 2.24) is 5.32 Å². The number of hydrogen-bond acceptors (Lipinski definition) is 10. The molecule has 0 radical (unpaired) electrons. The van der Waals surface area contributed by atoms with E-state index in [1.54, 1.807) is 19.1 Å². The lowest BCUT2D eigenvalue weighted by Gasteiger charge is -2.55. The molecule has 0 unspecified atom stereocenters. The van der Waals surface area contributed by atoms with Crippen molar-refractivity contribution in [2.24, 2.45) is 41.4 Å². The largest absolute Gasteiger partial charge is 0.481 e. The van der Waals surface area contributed by atoms with Crippen molar-refractivity contribution in [3.8, 4) is 0 Å². The number of amides is 2. The highest BCUT2D eigenvalue weighted by Gasteiger charge is 2.63. The molecule has 6 rings (SSSR count). The van der Waals surface area contributed by atoms with Gasteiger partial charge in [0.25, 0.3) is 0 Å². The smallest absolute Gasteiger partial charge is 0.416 e. The highest BCUT2D eigenvalue weighted by Crippen LogP contribution is 2.54. The Labute approximate surface area is 388 Å². The molecule has 0 saturated carbocycles. The first-order valence-electron chi connectivity index (χ1n) is 24.4. The number of carbonyl (C=O) groups excluding carboxylic acids is 2. The number of aliphatic hydroxyl groups is 2. The Kier molecular flexibility index (Phi) is 15.9. The summed E-state index contributed by atoms with van der Waals surface area (Å²) in [6.07, 6.45) is 0.238. The molecule has 5 aliphatic rings. The number of Topliss-reactive ketones (excluding diaryl/α,β-unsaturated/α-hetero) is 1. The maximum Gasteiger partial charge on any atom is 0.416 e. The molecule has 4 saturated heterocycles. The third-order valence-electron chi connectivity index (χ3n) is 16.2. The van der Waals surface area contributed by atoms with Gasteiger partial charge in [-0.1, -0.05) is 67.5 Å². The van der Waals surface area contributed by atoms with E-state index in [-0.39, 0.29) is 35.6 Å². The van der Waals surface area contributed by atoms with Crippen LogP contribution in [0, 0.1) is 41.4 Å². The number of hydrogen-bond donors (Lipinski definition) is 5. The predicted octanol–water partition coefficient (Wildman–Crippen LogP) is 9.04. The Morgan fingerprint density at radius 2 is 1.61 bits per heavy atom. The van der Waals surface area contributed by atoms with Crippen molar-refractivity contribution in [3.63, 3.8) is 0 Å². The van der Waals surface area contributed by atoms with E-state index in [0.29, 0.717) is 51.4 Å². The van der Waals surface area contributed by atoms with Gasteiger partial charge in [0.2, 0.25) is 0 Å². The summed E-state index contributed by atoms with van der Waals surface area (Å²) in [5.41, 5.74) is -2.92. The molecule has 5 aliphatic heterocycles. The molecule has 5 N–H and O–H groups in total. The summed E-state index contributed by atoms with van der Waals surface area (Å²) in [6, 6.07) is 2.62. The van der Waals surface area contributed by atoms with Gasteiger partial charge >= 0.3 is 18.2 Å². The fourth-order valence-electron chi connectivity index (χ4n) is 11.7. The summed E-state index contributed by atoms with van der Waals surface area (Å²) < 4.78 is 74.9. The second-order valence-electron chi connectivity index (χ2n) is 20.6. The molecule has 0 aliphatic carbocycles. The van der Waals surface area contributed by atoms with Gasteiger partial charge in [0.15, 0.2) is 11.6 Å². The summed E-state index contributed by atoms with van der Waals surface area (Å²) in [5, 5.41) is 38.4. The monoisotopic (exact) mass is 937 g/mol. The number of ether oxygens (including phenoxy) is 5. The molecule has 1 aromatic rings. The van der Waals surface area contributed by atoms with E-state index in [2.05, 4.69) is 10.6 Å². The summed E-state index contributed by atoms with van der Waals surface area (Å²) >= 11 is 0. The van der Waals surface area contributed by atoms with E-state index < -0.39 is 113 Å². The standard InChI is InChI=1S/C50H75F3N2O11/c1-11-35(44(58)59)37-18-17-27(4)42(63-37)31(8)40(56)30(7)41(57)36(12-2)43-28(5)25-29(6)48(64-43)22-19-38(55-45(60)54-34-16-14-15-33(26-34)50(51,52)53)49(66-48)24-23-46(10,65-49)39-20-21-47(61,13-3)32(9)62-39/h14-16,19,22,26-32,35-40,42-43,56,61H,11-13,17-18,20-21,23-25H2,1-10H3,(H,58,59)(H2,54,55,60)/t27-,28-,29+,30-,31-,32-,35+,36-,37+,38+,39+,40+,42+,43-,46-,47+,48-,49-/m0/s1. The van der Waals surface area contributed by atoms with Crippen molar-refractivity contribution < 1.29 is 66.6 Å². The van der Waals surface area contributed by atoms with Crippen LogP contribution in [-0.2, 0) is 39.4 Å². The predicted molar refractivity (Wildman–Crippen MR) is 240 cm³/mol. The Morgan fingerprint density at radius 1 is 0.909 bits per heavy atom. The lowest BCUT2D eigenvalue weighted by molar-refractivity contribution is -0.397. The van der Waals surface area contributed by atoms with Crippen LogP contribution in [0.2, 0.25) is 0 Å². The molecule has 4 fully saturated rings. The van der Waals surface area contributed by atoms with Crippen molar-refractivity contribution >= 4 is 23.5 Å². The highest BCUT2D eigenvalue weighted by atomic mass is 19.4. The van der Waals surface area contributed by atoms with Crippen LogP contribution in [0.15, 0.2) is 36.4 Å². The lowest BCUT2D eigenvalue weighted by atomic mass is 9.72. The van der Waals surface area contributed by atoms with Gasteiger partial charge in [-0.3, -0.25) is 9.59 Å². The molecule has 2 amide bonds. The van der Waals surface area contributed by atoms with Crippen LogP contribution in [0.4, 0.5) is 23.7 Å². The van der Waals surface area contributed by atoms with Gasteiger partial charge in [0.05, 0.1) is 59.3 Å².